The molecule has 1 aliphatic rings. The van der Waals surface area contributed by atoms with Crippen LogP contribution in [0.25, 0.3) is 0 Å². The number of anilines is 1. The predicted molar refractivity (Wildman–Crippen MR) is 102 cm³/mol. The molecular formula is C20H20N4O2. The van der Waals surface area contributed by atoms with Crippen molar-refractivity contribution in [2.24, 2.45) is 16.5 Å². The second-order valence-electron chi connectivity index (χ2n) is 6.03. The van der Waals surface area contributed by atoms with E-state index in [-0.39, 0.29) is 0 Å². The van der Waals surface area contributed by atoms with E-state index in [0.717, 1.165) is 34.0 Å². The van der Waals surface area contributed by atoms with Crippen molar-refractivity contribution in [1.82, 2.24) is 0 Å². The van der Waals surface area contributed by atoms with Crippen LogP contribution in [0.3, 0.4) is 0 Å². The summed E-state index contributed by atoms with van der Waals surface area (Å²) in [5, 5.41) is 0. The summed E-state index contributed by atoms with van der Waals surface area (Å²) in [7, 11) is 1.64. The number of amidine groups is 1. The Hall–Kier alpha value is -3.09. The summed E-state index contributed by atoms with van der Waals surface area (Å²) < 4.78 is 10.8. The maximum atomic E-state index is 6.56. The molecule has 0 spiro atoms. The molecule has 0 saturated carbocycles. The number of nitrogens with two attached hydrogens (primary N) is 2. The molecule has 6 heteroatoms. The standard InChI is InChI=1S/C20H20N4O2/c1-25-16-8-4-14(5-9-16)19-23-20-17(10-11-26-20)18(22)24(19)15-6-2-13(12-21)3-7-15/h2-11,18H,12,21-22H2,1H3. The lowest BCUT2D eigenvalue weighted by Crippen LogP contribution is -2.41. The summed E-state index contributed by atoms with van der Waals surface area (Å²) in [4.78, 5) is 6.71. The molecule has 0 fully saturated rings. The second kappa shape index (κ2) is 6.67. The van der Waals surface area contributed by atoms with Gasteiger partial charge < -0.3 is 25.5 Å². The first kappa shape index (κ1) is 16.4. The highest BCUT2D eigenvalue weighted by molar-refractivity contribution is 6.12. The van der Waals surface area contributed by atoms with Crippen molar-refractivity contribution in [3.05, 3.63) is 77.6 Å². The second-order valence-corrected chi connectivity index (χ2v) is 6.03. The lowest BCUT2D eigenvalue weighted by atomic mass is 10.1. The fraction of sp³-hybridized carbons (Fsp3) is 0.150. The molecule has 1 aliphatic heterocycles. The molecule has 4 N–H and O–H groups in total. The number of methoxy groups -OCH3 is 1. The first-order valence-corrected chi connectivity index (χ1v) is 8.35. The summed E-state index contributed by atoms with van der Waals surface area (Å²) in [5.74, 6) is 2.05. The normalized spacial score (nSPS) is 16.2. The van der Waals surface area contributed by atoms with Gasteiger partial charge in [0, 0.05) is 17.8 Å². The Labute approximate surface area is 151 Å². The molecule has 26 heavy (non-hydrogen) atoms. The number of rotatable bonds is 4. The third-order valence-electron chi connectivity index (χ3n) is 4.51. The van der Waals surface area contributed by atoms with Crippen molar-refractivity contribution in [2.45, 2.75) is 12.7 Å². The van der Waals surface area contributed by atoms with Crippen LogP contribution in [-0.2, 0) is 6.54 Å². The molecule has 132 valence electrons. The van der Waals surface area contributed by atoms with Gasteiger partial charge in [0.25, 0.3) is 0 Å². The Kier molecular flexibility index (Phi) is 4.20. The summed E-state index contributed by atoms with van der Waals surface area (Å²) >= 11 is 0. The van der Waals surface area contributed by atoms with E-state index in [1.54, 1.807) is 13.4 Å². The molecule has 4 rings (SSSR count). The van der Waals surface area contributed by atoms with Crippen molar-refractivity contribution in [3.63, 3.8) is 0 Å². The van der Waals surface area contributed by atoms with Crippen LogP contribution in [0.4, 0.5) is 11.6 Å². The number of nitrogens with zero attached hydrogens (tertiary/aromatic N) is 2. The van der Waals surface area contributed by atoms with Gasteiger partial charge in [0.05, 0.1) is 18.9 Å². The molecule has 0 aliphatic carbocycles. The molecule has 2 heterocycles. The minimum absolute atomic E-state index is 0.401. The highest BCUT2D eigenvalue weighted by Gasteiger charge is 2.31. The van der Waals surface area contributed by atoms with Crippen LogP contribution in [0.1, 0.15) is 22.9 Å². The molecule has 0 radical (unpaired) electrons. The number of hydrogen-bond acceptors (Lipinski definition) is 6. The van der Waals surface area contributed by atoms with E-state index in [4.69, 9.17) is 25.6 Å². The largest absolute Gasteiger partial charge is 0.497 e. The summed E-state index contributed by atoms with van der Waals surface area (Å²) in [5.41, 5.74) is 16.0. The van der Waals surface area contributed by atoms with Gasteiger partial charge in [-0.1, -0.05) is 12.1 Å². The molecule has 3 aromatic rings. The van der Waals surface area contributed by atoms with Gasteiger partial charge in [0.1, 0.15) is 17.8 Å². The molecular weight excluding hydrogens is 328 g/mol. The van der Waals surface area contributed by atoms with E-state index in [1.165, 1.54) is 0 Å². The lowest BCUT2D eigenvalue weighted by Gasteiger charge is -2.34. The fourth-order valence-corrected chi connectivity index (χ4v) is 3.07. The maximum Gasteiger partial charge on any atom is 0.227 e. The van der Waals surface area contributed by atoms with Crippen molar-refractivity contribution in [1.29, 1.82) is 0 Å². The molecule has 0 bridgehead atoms. The SMILES string of the molecule is COc1ccc(C2=Nc3occc3C(N)N2c2ccc(CN)cc2)cc1. The van der Waals surface area contributed by atoms with E-state index in [0.29, 0.717) is 12.4 Å². The zero-order valence-electron chi connectivity index (χ0n) is 14.4. The van der Waals surface area contributed by atoms with Crippen LogP contribution in [-0.4, -0.2) is 12.9 Å². The minimum atomic E-state index is -0.401. The first-order chi connectivity index (χ1) is 12.7. The summed E-state index contributed by atoms with van der Waals surface area (Å²) in [6.07, 6.45) is 1.21. The van der Waals surface area contributed by atoms with Gasteiger partial charge in [-0.15, -0.1) is 0 Å². The maximum absolute atomic E-state index is 6.56. The molecule has 1 atom stereocenters. The Morgan fingerprint density at radius 1 is 1.08 bits per heavy atom. The minimum Gasteiger partial charge on any atom is -0.497 e. The molecule has 0 saturated heterocycles. The Morgan fingerprint density at radius 2 is 1.81 bits per heavy atom. The van der Waals surface area contributed by atoms with Crippen LogP contribution < -0.4 is 21.1 Å². The van der Waals surface area contributed by atoms with Gasteiger partial charge in [0.2, 0.25) is 5.88 Å². The Bertz CT molecular complexity index is 929. The zero-order valence-corrected chi connectivity index (χ0v) is 14.4. The summed E-state index contributed by atoms with van der Waals surface area (Å²) in [6.45, 7) is 0.498. The molecule has 1 unspecified atom stereocenters. The molecule has 0 amide bonds. The van der Waals surface area contributed by atoms with Crippen LogP contribution in [0.15, 0.2) is 70.3 Å². The van der Waals surface area contributed by atoms with E-state index < -0.39 is 6.17 Å². The van der Waals surface area contributed by atoms with Crippen molar-refractivity contribution < 1.29 is 9.15 Å². The van der Waals surface area contributed by atoms with Gasteiger partial charge in [-0.3, -0.25) is 0 Å². The average molecular weight is 348 g/mol. The zero-order chi connectivity index (χ0) is 18.1. The number of furan rings is 1. The van der Waals surface area contributed by atoms with Crippen LogP contribution in [0, 0.1) is 0 Å². The van der Waals surface area contributed by atoms with Gasteiger partial charge in [0.15, 0.2) is 0 Å². The van der Waals surface area contributed by atoms with E-state index >= 15 is 0 Å². The van der Waals surface area contributed by atoms with E-state index in [1.807, 2.05) is 59.5 Å². The number of ether oxygens (including phenoxy) is 1. The average Bonchev–Trinajstić information content (AvgIpc) is 3.17. The first-order valence-electron chi connectivity index (χ1n) is 8.35. The monoisotopic (exact) mass is 348 g/mol. The summed E-state index contributed by atoms with van der Waals surface area (Å²) in [6, 6.07) is 17.6. The number of hydrogen-bond donors (Lipinski definition) is 2. The third-order valence-corrected chi connectivity index (χ3v) is 4.51. The molecule has 6 nitrogen and oxygen atoms in total. The van der Waals surface area contributed by atoms with Gasteiger partial charge >= 0.3 is 0 Å². The van der Waals surface area contributed by atoms with Gasteiger partial charge in [-0.2, -0.15) is 4.99 Å². The quantitative estimate of drug-likeness (QED) is 0.755. The van der Waals surface area contributed by atoms with Gasteiger partial charge in [-0.05, 0) is 48.0 Å². The smallest absolute Gasteiger partial charge is 0.227 e. The Balaban J connectivity index is 1.82. The van der Waals surface area contributed by atoms with Crippen molar-refractivity contribution in [2.75, 3.05) is 12.0 Å². The number of benzene rings is 2. The van der Waals surface area contributed by atoms with Crippen LogP contribution in [0.5, 0.6) is 5.75 Å². The predicted octanol–water partition coefficient (Wildman–Crippen LogP) is 3.30. The molecule has 2 aromatic carbocycles. The fourth-order valence-electron chi connectivity index (χ4n) is 3.07. The van der Waals surface area contributed by atoms with Crippen LogP contribution in [0.2, 0.25) is 0 Å². The number of fused-ring (bicyclic) bond motifs is 1. The van der Waals surface area contributed by atoms with Crippen molar-refractivity contribution in [3.8, 4) is 5.75 Å². The van der Waals surface area contributed by atoms with E-state index in [2.05, 4.69) is 0 Å². The van der Waals surface area contributed by atoms with Gasteiger partial charge in [-0.25, -0.2) is 0 Å². The topological polar surface area (TPSA) is 90.0 Å². The van der Waals surface area contributed by atoms with Crippen LogP contribution >= 0.6 is 0 Å². The van der Waals surface area contributed by atoms with Crippen molar-refractivity contribution >= 4 is 17.4 Å². The van der Waals surface area contributed by atoms with E-state index in [9.17, 15) is 0 Å². The highest BCUT2D eigenvalue weighted by atomic mass is 16.5. The highest BCUT2D eigenvalue weighted by Crippen LogP contribution is 2.37. The molecule has 1 aromatic heterocycles. The Morgan fingerprint density at radius 3 is 2.46 bits per heavy atom. The third kappa shape index (κ3) is 2.75. The lowest BCUT2D eigenvalue weighted by molar-refractivity contribution is 0.415. The number of aliphatic imine (C=N–C) groups is 1.